The van der Waals surface area contributed by atoms with Gasteiger partial charge in [-0.3, -0.25) is 0 Å². The zero-order valence-electron chi connectivity index (χ0n) is 10.9. The van der Waals surface area contributed by atoms with Gasteiger partial charge in [0, 0.05) is 6.04 Å². The van der Waals surface area contributed by atoms with E-state index in [1.807, 2.05) is 12.1 Å². The molecule has 0 spiro atoms. The Morgan fingerprint density at radius 2 is 1.89 bits per heavy atom. The van der Waals surface area contributed by atoms with E-state index in [1.165, 1.54) is 31.2 Å². The highest BCUT2D eigenvalue weighted by Gasteiger charge is 2.29. The average molecular weight is 247 g/mol. The standard InChI is InChI=1S/C16H22FN/c17-16(15-10-3-4-11-18-15)14-9-2-1-8-13(14)12-6-5-7-12/h1-2,8-9,12,15-16,18H,3-7,10-11H2. The van der Waals surface area contributed by atoms with Gasteiger partial charge in [-0.15, -0.1) is 0 Å². The van der Waals surface area contributed by atoms with Crippen LogP contribution in [0.15, 0.2) is 24.3 Å². The van der Waals surface area contributed by atoms with E-state index in [2.05, 4.69) is 17.4 Å². The molecule has 98 valence electrons. The first-order valence-electron chi connectivity index (χ1n) is 7.32. The van der Waals surface area contributed by atoms with Gasteiger partial charge < -0.3 is 5.32 Å². The Balaban J connectivity index is 1.81. The zero-order valence-corrected chi connectivity index (χ0v) is 10.9. The predicted octanol–water partition coefficient (Wildman–Crippen LogP) is 4.11. The van der Waals surface area contributed by atoms with Gasteiger partial charge in [-0.25, -0.2) is 4.39 Å². The second-order valence-electron chi connectivity index (χ2n) is 5.71. The molecule has 1 nitrogen and oxygen atoms in total. The van der Waals surface area contributed by atoms with Crippen molar-refractivity contribution in [3.8, 4) is 0 Å². The molecule has 1 aromatic carbocycles. The molecule has 1 aliphatic carbocycles. The van der Waals surface area contributed by atoms with Crippen molar-refractivity contribution in [1.82, 2.24) is 5.32 Å². The van der Waals surface area contributed by atoms with Crippen molar-refractivity contribution in [3.63, 3.8) is 0 Å². The molecule has 2 heteroatoms. The number of alkyl halides is 1. The Bertz CT molecular complexity index is 394. The van der Waals surface area contributed by atoms with Crippen molar-refractivity contribution < 1.29 is 4.39 Å². The fourth-order valence-corrected chi connectivity index (χ4v) is 3.20. The maximum atomic E-state index is 14.7. The van der Waals surface area contributed by atoms with Gasteiger partial charge in [0.25, 0.3) is 0 Å². The molecule has 0 aromatic heterocycles. The highest BCUT2D eigenvalue weighted by atomic mass is 19.1. The summed E-state index contributed by atoms with van der Waals surface area (Å²) in [4.78, 5) is 0. The largest absolute Gasteiger partial charge is 0.311 e. The third-order valence-electron chi connectivity index (χ3n) is 4.54. The number of hydrogen-bond donors (Lipinski definition) is 1. The second kappa shape index (κ2) is 5.40. The van der Waals surface area contributed by atoms with E-state index in [9.17, 15) is 4.39 Å². The summed E-state index contributed by atoms with van der Waals surface area (Å²) in [6.07, 6.45) is 6.26. The molecule has 2 atom stereocenters. The van der Waals surface area contributed by atoms with Crippen molar-refractivity contribution >= 4 is 0 Å². The van der Waals surface area contributed by atoms with Crippen LogP contribution in [0, 0.1) is 0 Å². The Morgan fingerprint density at radius 1 is 1.06 bits per heavy atom. The molecule has 1 aromatic rings. The average Bonchev–Trinajstić information content (AvgIpc) is 2.38. The molecular formula is C16H22FN. The predicted molar refractivity (Wildman–Crippen MR) is 72.5 cm³/mol. The van der Waals surface area contributed by atoms with Crippen LogP contribution in [0.5, 0.6) is 0 Å². The number of benzene rings is 1. The third-order valence-corrected chi connectivity index (χ3v) is 4.54. The van der Waals surface area contributed by atoms with Crippen LogP contribution in [-0.4, -0.2) is 12.6 Å². The maximum absolute atomic E-state index is 14.7. The monoisotopic (exact) mass is 247 g/mol. The zero-order chi connectivity index (χ0) is 12.4. The van der Waals surface area contributed by atoms with Crippen LogP contribution in [0.1, 0.15) is 61.7 Å². The smallest absolute Gasteiger partial charge is 0.141 e. The molecule has 1 N–H and O–H groups in total. The molecule has 0 radical (unpaired) electrons. The molecule has 1 saturated carbocycles. The van der Waals surface area contributed by atoms with Crippen LogP contribution in [0.3, 0.4) is 0 Å². The summed E-state index contributed by atoms with van der Waals surface area (Å²) >= 11 is 0. The van der Waals surface area contributed by atoms with Gasteiger partial charge in [0.1, 0.15) is 6.17 Å². The SMILES string of the molecule is FC(c1ccccc1C1CCC1)C1CCCCN1. The summed E-state index contributed by atoms with van der Waals surface area (Å²) in [5, 5.41) is 3.34. The van der Waals surface area contributed by atoms with E-state index in [0.717, 1.165) is 24.9 Å². The number of halogens is 1. The molecule has 1 aliphatic heterocycles. The maximum Gasteiger partial charge on any atom is 0.141 e. The van der Waals surface area contributed by atoms with Gasteiger partial charge in [0.2, 0.25) is 0 Å². The topological polar surface area (TPSA) is 12.0 Å². The summed E-state index contributed by atoms with van der Waals surface area (Å²) in [5.41, 5.74) is 2.21. The van der Waals surface area contributed by atoms with Gasteiger partial charge in [-0.05, 0) is 49.3 Å². The van der Waals surface area contributed by atoms with E-state index in [-0.39, 0.29) is 6.04 Å². The molecule has 3 rings (SSSR count). The summed E-state index contributed by atoms with van der Waals surface area (Å²) in [6, 6.07) is 8.19. The van der Waals surface area contributed by atoms with Crippen LogP contribution in [0.2, 0.25) is 0 Å². The molecule has 18 heavy (non-hydrogen) atoms. The van der Waals surface area contributed by atoms with Crippen LogP contribution < -0.4 is 5.32 Å². The summed E-state index contributed by atoms with van der Waals surface area (Å²) in [5.74, 6) is 0.614. The molecule has 0 amide bonds. The van der Waals surface area contributed by atoms with Crippen molar-refractivity contribution in [1.29, 1.82) is 0 Å². The van der Waals surface area contributed by atoms with Gasteiger partial charge in [-0.2, -0.15) is 0 Å². The fraction of sp³-hybridized carbons (Fsp3) is 0.625. The molecule has 2 fully saturated rings. The Kier molecular flexibility index (Phi) is 3.64. The summed E-state index contributed by atoms with van der Waals surface area (Å²) in [7, 11) is 0. The van der Waals surface area contributed by atoms with E-state index < -0.39 is 6.17 Å². The lowest BCUT2D eigenvalue weighted by atomic mass is 9.77. The molecule has 2 unspecified atom stereocenters. The highest BCUT2D eigenvalue weighted by Crippen LogP contribution is 2.41. The van der Waals surface area contributed by atoms with Gasteiger partial charge in [-0.1, -0.05) is 37.1 Å². The minimum absolute atomic E-state index is 0.0278. The molecular weight excluding hydrogens is 225 g/mol. The van der Waals surface area contributed by atoms with E-state index >= 15 is 0 Å². The minimum Gasteiger partial charge on any atom is -0.311 e. The number of piperidine rings is 1. The van der Waals surface area contributed by atoms with Crippen molar-refractivity contribution in [2.45, 2.75) is 56.7 Å². The quantitative estimate of drug-likeness (QED) is 0.847. The van der Waals surface area contributed by atoms with E-state index in [1.54, 1.807) is 0 Å². The first-order valence-corrected chi connectivity index (χ1v) is 7.32. The third kappa shape index (κ3) is 2.31. The highest BCUT2D eigenvalue weighted by molar-refractivity contribution is 5.34. The molecule has 1 saturated heterocycles. The lowest BCUT2D eigenvalue weighted by Crippen LogP contribution is -2.37. The van der Waals surface area contributed by atoms with Crippen molar-refractivity contribution in [3.05, 3.63) is 35.4 Å². The molecule has 1 heterocycles. The first-order chi connectivity index (χ1) is 8.86. The molecule has 2 aliphatic rings. The summed E-state index contributed by atoms with van der Waals surface area (Å²) < 4.78 is 14.7. The van der Waals surface area contributed by atoms with Crippen LogP contribution in [0.4, 0.5) is 4.39 Å². The van der Waals surface area contributed by atoms with Crippen molar-refractivity contribution in [2.24, 2.45) is 0 Å². The lowest BCUT2D eigenvalue weighted by molar-refractivity contribution is 0.218. The number of rotatable bonds is 3. The van der Waals surface area contributed by atoms with Crippen molar-refractivity contribution in [2.75, 3.05) is 6.54 Å². The van der Waals surface area contributed by atoms with Crippen LogP contribution >= 0.6 is 0 Å². The Morgan fingerprint density at radius 3 is 2.56 bits per heavy atom. The minimum atomic E-state index is -0.831. The van der Waals surface area contributed by atoms with E-state index in [0.29, 0.717) is 5.92 Å². The Hall–Kier alpha value is -0.890. The normalized spacial score (nSPS) is 26.6. The van der Waals surface area contributed by atoms with E-state index in [4.69, 9.17) is 0 Å². The Labute approximate surface area is 109 Å². The number of nitrogens with one attached hydrogen (secondary N) is 1. The van der Waals surface area contributed by atoms with Crippen LogP contribution in [0.25, 0.3) is 0 Å². The number of hydrogen-bond acceptors (Lipinski definition) is 1. The van der Waals surface area contributed by atoms with Gasteiger partial charge >= 0.3 is 0 Å². The van der Waals surface area contributed by atoms with Gasteiger partial charge in [0.05, 0.1) is 0 Å². The lowest BCUT2D eigenvalue weighted by Gasteiger charge is -2.32. The van der Waals surface area contributed by atoms with Crippen LogP contribution in [-0.2, 0) is 0 Å². The molecule has 0 bridgehead atoms. The summed E-state index contributed by atoms with van der Waals surface area (Å²) in [6.45, 7) is 0.969. The first kappa shape index (κ1) is 12.2. The second-order valence-corrected chi connectivity index (χ2v) is 5.71. The van der Waals surface area contributed by atoms with Gasteiger partial charge in [0.15, 0.2) is 0 Å². The fourth-order valence-electron chi connectivity index (χ4n) is 3.20.